The number of ether oxygens (including phenoxy) is 1. The zero-order valence-corrected chi connectivity index (χ0v) is 9.47. The molecule has 0 aliphatic heterocycles. The summed E-state index contributed by atoms with van der Waals surface area (Å²) in [6.07, 6.45) is -0.122. The molecular weight excluding hydrogens is 166 g/mol. The number of hydrogen-bond acceptors (Lipinski definition) is 3. The summed E-state index contributed by atoms with van der Waals surface area (Å²) < 4.78 is 5.22. The van der Waals surface area contributed by atoms with Crippen molar-refractivity contribution in [3.8, 4) is 0 Å². The van der Waals surface area contributed by atoms with Crippen molar-refractivity contribution in [2.75, 3.05) is 0 Å². The van der Waals surface area contributed by atoms with E-state index in [1.807, 2.05) is 27.7 Å². The Bertz CT molecular complexity index is 186. The summed E-state index contributed by atoms with van der Waals surface area (Å²) in [7, 11) is 0. The van der Waals surface area contributed by atoms with Crippen molar-refractivity contribution >= 4 is 5.97 Å². The van der Waals surface area contributed by atoms with E-state index in [0.29, 0.717) is 0 Å². The Kier molecular flexibility index (Phi) is 3.50. The van der Waals surface area contributed by atoms with E-state index in [1.54, 1.807) is 13.8 Å². The SMILES string of the molecule is C[C@@H](OC(=O)C(C)(C)N)C(C)(C)C. The fourth-order valence-electron chi connectivity index (χ4n) is 0.489. The molecule has 0 aromatic heterocycles. The predicted molar refractivity (Wildman–Crippen MR) is 53.3 cm³/mol. The van der Waals surface area contributed by atoms with Gasteiger partial charge >= 0.3 is 5.97 Å². The monoisotopic (exact) mass is 187 g/mol. The molecule has 0 radical (unpaired) electrons. The van der Waals surface area contributed by atoms with Gasteiger partial charge in [-0.1, -0.05) is 20.8 Å². The molecule has 0 unspecified atom stereocenters. The molecule has 0 heterocycles. The predicted octanol–water partition coefficient (Wildman–Crippen LogP) is 1.70. The summed E-state index contributed by atoms with van der Waals surface area (Å²) in [5.74, 6) is -0.352. The normalized spacial score (nSPS) is 15.3. The average Bonchev–Trinajstić information content (AvgIpc) is 1.82. The maximum atomic E-state index is 11.4. The molecule has 1 atom stereocenters. The molecule has 0 saturated heterocycles. The van der Waals surface area contributed by atoms with E-state index in [4.69, 9.17) is 10.5 Å². The van der Waals surface area contributed by atoms with Gasteiger partial charge in [-0.2, -0.15) is 0 Å². The molecule has 0 bridgehead atoms. The number of carbonyl (C=O) groups excluding carboxylic acids is 1. The van der Waals surface area contributed by atoms with E-state index in [1.165, 1.54) is 0 Å². The van der Waals surface area contributed by atoms with Gasteiger partial charge in [0.1, 0.15) is 11.6 Å². The molecule has 2 N–H and O–H groups in total. The van der Waals surface area contributed by atoms with E-state index < -0.39 is 5.54 Å². The number of carbonyl (C=O) groups is 1. The van der Waals surface area contributed by atoms with Crippen LogP contribution in [0.3, 0.4) is 0 Å². The lowest BCUT2D eigenvalue weighted by Gasteiger charge is -2.29. The maximum Gasteiger partial charge on any atom is 0.325 e. The van der Waals surface area contributed by atoms with E-state index in [9.17, 15) is 4.79 Å². The van der Waals surface area contributed by atoms with Crippen LogP contribution in [0.25, 0.3) is 0 Å². The Morgan fingerprint density at radius 3 is 1.85 bits per heavy atom. The summed E-state index contributed by atoms with van der Waals surface area (Å²) in [5.41, 5.74) is 4.65. The molecule has 0 amide bonds. The zero-order valence-electron chi connectivity index (χ0n) is 9.47. The number of rotatable bonds is 2. The topological polar surface area (TPSA) is 52.3 Å². The highest BCUT2D eigenvalue weighted by Crippen LogP contribution is 2.22. The van der Waals surface area contributed by atoms with Gasteiger partial charge in [-0.05, 0) is 26.2 Å². The fraction of sp³-hybridized carbons (Fsp3) is 0.900. The highest BCUT2D eigenvalue weighted by molar-refractivity contribution is 5.79. The van der Waals surface area contributed by atoms with Gasteiger partial charge in [0.2, 0.25) is 0 Å². The lowest BCUT2D eigenvalue weighted by molar-refractivity contribution is -0.158. The first-order chi connectivity index (χ1) is 5.55. The highest BCUT2D eigenvalue weighted by atomic mass is 16.5. The minimum Gasteiger partial charge on any atom is -0.461 e. The Balaban J connectivity index is 4.24. The van der Waals surface area contributed by atoms with Crippen molar-refractivity contribution in [2.45, 2.75) is 53.2 Å². The molecule has 0 fully saturated rings. The molecule has 0 saturated carbocycles. The van der Waals surface area contributed by atoms with Crippen LogP contribution >= 0.6 is 0 Å². The van der Waals surface area contributed by atoms with Crippen molar-refractivity contribution in [3.05, 3.63) is 0 Å². The Hall–Kier alpha value is -0.570. The first-order valence-electron chi connectivity index (χ1n) is 4.55. The minimum atomic E-state index is -0.903. The molecule has 0 rings (SSSR count). The number of nitrogens with two attached hydrogens (primary N) is 1. The van der Waals surface area contributed by atoms with Gasteiger partial charge in [-0.15, -0.1) is 0 Å². The summed E-state index contributed by atoms with van der Waals surface area (Å²) in [4.78, 5) is 11.4. The van der Waals surface area contributed by atoms with Crippen LogP contribution in [0.5, 0.6) is 0 Å². The third kappa shape index (κ3) is 4.27. The van der Waals surface area contributed by atoms with Crippen LogP contribution in [0, 0.1) is 5.41 Å². The molecule has 0 aromatic carbocycles. The van der Waals surface area contributed by atoms with Crippen LogP contribution in [0.1, 0.15) is 41.5 Å². The van der Waals surface area contributed by atoms with Crippen molar-refractivity contribution in [3.63, 3.8) is 0 Å². The molecule has 3 heteroatoms. The minimum absolute atomic E-state index is 0.0408. The van der Waals surface area contributed by atoms with Crippen LogP contribution in [0.15, 0.2) is 0 Å². The molecule has 0 aliphatic rings. The van der Waals surface area contributed by atoms with Crippen LogP contribution in [-0.4, -0.2) is 17.6 Å². The third-order valence-electron chi connectivity index (χ3n) is 2.03. The summed E-state index contributed by atoms with van der Waals surface area (Å²) in [6, 6.07) is 0. The lowest BCUT2D eigenvalue weighted by Crippen LogP contribution is -2.45. The van der Waals surface area contributed by atoms with E-state index in [-0.39, 0.29) is 17.5 Å². The first kappa shape index (κ1) is 12.4. The van der Waals surface area contributed by atoms with Gasteiger partial charge in [0.05, 0.1) is 0 Å². The third-order valence-corrected chi connectivity index (χ3v) is 2.03. The molecule has 78 valence electrons. The fourth-order valence-corrected chi connectivity index (χ4v) is 0.489. The Labute approximate surface area is 80.6 Å². The second-order valence-electron chi connectivity index (χ2n) is 5.14. The summed E-state index contributed by atoms with van der Waals surface area (Å²) >= 11 is 0. The lowest BCUT2D eigenvalue weighted by atomic mass is 9.90. The second-order valence-corrected chi connectivity index (χ2v) is 5.14. The quantitative estimate of drug-likeness (QED) is 0.669. The smallest absolute Gasteiger partial charge is 0.325 e. The van der Waals surface area contributed by atoms with Crippen molar-refractivity contribution in [1.29, 1.82) is 0 Å². The highest BCUT2D eigenvalue weighted by Gasteiger charge is 2.30. The van der Waals surface area contributed by atoms with E-state index >= 15 is 0 Å². The molecule has 3 nitrogen and oxygen atoms in total. The molecular formula is C10H21NO2. The maximum absolute atomic E-state index is 11.4. The van der Waals surface area contributed by atoms with Crippen molar-refractivity contribution in [2.24, 2.45) is 11.1 Å². The first-order valence-corrected chi connectivity index (χ1v) is 4.55. The number of hydrogen-bond donors (Lipinski definition) is 1. The standard InChI is InChI=1S/C10H21NO2/c1-7(9(2,3)4)13-8(12)10(5,6)11/h7H,11H2,1-6H3/t7-/m1/s1. The molecule has 0 spiro atoms. The van der Waals surface area contributed by atoms with Gasteiger partial charge in [0.15, 0.2) is 0 Å². The van der Waals surface area contributed by atoms with Gasteiger partial charge in [-0.3, -0.25) is 4.79 Å². The van der Waals surface area contributed by atoms with Gasteiger partial charge in [0, 0.05) is 0 Å². The Morgan fingerprint density at radius 2 is 1.62 bits per heavy atom. The molecule has 13 heavy (non-hydrogen) atoms. The second kappa shape index (κ2) is 3.66. The number of esters is 1. The van der Waals surface area contributed by atoms with E-state index in [0.717, 1.165) is 0 Å². The van der Waals surface area contributed by atoms with Crippen LogP contribution in [-0.2, 0) is 9.53 Å². The van der Waals surface area contributed by atoms with Gasteiger partial charge < -0.3 is 10.5 Å². The van der Waals surface area contributed by atoms with Gasteiger partial charge in [0.25, 0.3) is 0 Å². The van der Waals surface area contributed by atoms with Crippen LogP contribution in [0.2, 0.25) is 0 Å². The van der Waals surface area contributed by atoms with Crippen LogP contribution in [0.4, 0.5) is 0 Å². The summed E-state index contributed by atoms with van der Waals surface area (Å²) in [5, 5.41) is 0. The zero-order chi connectivity index (χ0) is 10.9. The molecule has 0 aromatic rings. The van der Waals surface area contributed by atoms with Gasteiger partial charge in [-0.25, -0.2) is 0 Å². The summed E-state index contributed by atoms with van der Waals surface area (Å²) in [6.45, 7) is 11.2. The van der Waals surface area contributed by atoms with Crippen molar-refractivity contribution < 1.29 is 9.53 Å². The average molecular weight is 187 g/mol. The van der Waals surface area contributed by atoms with E-state index in [2.05, 4.69) is 0 Å². The molecule has 0 aliphatic carbocycles. The largest absolute Gasteiger partial charge is 0.461 e. The Morgan fingerprint density at radius 1 is 1.23 bits per heavy atom. The van der Waals surface area contributed by atoms with Crippen molar-refractivity contribution in [1.82, 2.24) is 0 Å². The van der Waals surface area contributed by atoms with Crippen LogP contribution < -0.4 is 5.73 Å².